The molecule has 0 saturated heterocycles. The highest BCUT2D eigenvalue weighted by Gasteiger charge is 2.10. The van der Waals surface area contributed by atoms with Gasteiger partial charge in [-0.05, 0) is 24.6 Å². The predicted molar refractivity (Wildman–Crippen MR) is 83.0 cm³/mol. The Labute approximate surface area is 126 Å². The number of rotatable bonds is 2. The Balaban J connectivity index is 2.08. The number of H-pyrrole nitrogens is 1. The largest absolute Gasteiger partial charge is 0.325 e. The molecule has 0 unspecified atom stereocenters. The lowest BCUT2D eigenvalue weighted by molar-refractivity contribution is 1.13. The lowest BCUT2D eigenvalue weighted by Gasteiger charge is -2.06. The first kappa shape index (κ1) is 13.7. The third-order valence-electron chi connectivity index (χ3n) is 3.35. The number of nitrogens with zero attached hydrogens (tertiary/aromatic N) is 3. The molecular formula is C17H12N4O. The van der Waals surface area contributed by atoms with Crippen LogP contribution in [0.15, 0.2) is 53.7 Å². The average molecular weight is 288 g/mol. The molecule has 0 aliphatic carbocycles. The van der Waals surface area contributed by atoms with Gasteiger partial charge in [0.2, 0.25) is 0 Å². The summed E-state index contributed by atoms with van der Waals surface area (Å²) in [6.07, 6.45) is 3.18. The number of hydrogen-bond acceptors (Lipinski definition) is 4. The van der Waals surface area contributed by atoms with Crippen molar-refractivity contribution >= 4 is 0 Å². The first-order chi connectivity index (χ1) is 10.7. The van der Waals surface area contributed by atoms with E-state index < -0.39 is 0 Å². The van der Waals surface area contributed by atoms with Crippen molar-refractivity contribution in [2.75, 3.05) is 0 Å². The molecule has 0 aliphatic rings. The van der Waals surface area contributed by atoms with E-state index >= 15 is 0 Å². The van der Waals surface area contributed by atoms with Crippen molar-refractivity contribution in [3.63, 3.8) is 0 Å². The van der Waals surface area contributed by atoms with Gasteiger partial charge < -0.3 is 4.98 Å². The van der Waals surface area contributed by atoms with Crippen molar-refractivity contribution in [3.8, 4) is 28.5 Å². The van der Waals surface area contributed by atoms with Gasteiger partial charge in [-0.25, -0.2) is 9.97 Å². The summed E-state index contributed by atoms with van der Waals surface area (Å²) in [4.78, 5) is 22.6. The highest BCUT2D eigenvalue weighted by molar-refractivity contribution is 5.73. The summed E-state index contributed by atoms with van der Waals surface area (Å²) in [5.74, 6) is 0. The van der Waals surface area contributed by atoms with Crippen molar-refractivity contribution in [2.45, 2.75) is 6.92 Å². The van der Waals surface area contributed by atoms with Gasteiger partial charge in [0, 0.05) is 23.0 Å². The standard InChI is InChI=1S/C17H12N4O/c1-11-8-14(15(9-18)17(22)21-11)12-2-4-13(5-3-12)16-6-7-19-10-20-16/h2-8,10H,1H3,(H,21,22). The maximum Gasteiger partial charge on any atom is 0.266 e. The van der Waals surface area contributed by atoms with E-state index in [1.54, 1.807) is 19.2 Å². The lowest BCUT2D eigenvalue weighted by Crippen LogP contribution is -2.12. The summed E-state index contributed by atoms with van der Waals surface area (Å²) in [5, 5.41) is 9.20. The van der Waals surface area contributed by atoms with Crippen molar-refractivity contribution in [2.24, 2.45) is 0 Å². The number of aromatic nitrogens is 3. The average Bonchev–Trinajstić information content (AvgIpc) is 2.55. The number of nitrogens with one attached hydrogen (secondary N) is 1. The van der Waals surface area contributed by atoms with E-state index in [1.165, 1.54) is 6.33 Å². The number of pyridine rings is 1. The molecule has 0 amide bonds. The zero-order chi connectivity index (χ0) is 15.5. The number of benzene rings is 1. The minimum absolute atomic E-state index is 0.125. The molecule has 0 atom stereocenters. The van der Waals surface area contributed by atoms with Crippen LogP contribution in [0.1, 0.15) is 11.3 Å². The van der Waals surface area contributed by atoms with Crippen LogP contribution in [0.4, 0.5) is 0 Å². The maximum absolute atomic E-state index is 11.9. The molecule has 5 heteroatoms. The van der Waals surface area contributed by atoms with Crippen molar-refractivity contribution < 1.29 is 0 Å². The van der Waals surface area contributed by atoms with E-state index in [1.807, 2.05) is 36.4 Å². The first-order valence-electron chi connectivity index (χ1n) is 6.70. The fourth-order valence-corrected chi connectivity index (χ4v) is 2.31. The minimum atomic E-state index is -0.364. The third kappa shape index (κ3) is 2.50. The van der Waals surface area contributed by atoms with E-state index in [0.29, 0.717) is 5.56 Å². The molecule has 0 aliphatic heterocycles. The van der Waals surface area contributed by atoms with E-state index in [9.17, 15) is 10.1 Å². The van der Waals surface area contributed by atoms with Gasteiger partial charge in [0.1, 0.15) is 18.0 Å². The first-order valence-corrected chi connectivity index (χ1v) is 6.70. The van der Waals surface area contributed by atoms with Gasteiger partial charge in [-0.1, -0.05) is 24.3 Å². The van der Waals surface area contributed by atoms with Crippen LogP contribution in [0, 0.1) is 18.3 Å². The summed E-state index contributed by atoms with van der Waals surface area (Å²) >= 11 is 0. The second kappa shape index (κ2) is 5.62. The molecule has 0 fully saturated rings. The van der Waals surface area contributed by atoms with Gasteiger partial charge in [-0.2, -0.15) is 5.26 Å². The number of aryl methyl sites for hydroxylation is 1. The highest BCUT2D eigenvalue weighted by atomic mass is 16.1. The molecule has 0 bridgehead atoms. The quantitative estimate of drug-likeness (QED) is 0.786. The van der Waals surface area contributed by atoms with Crippen LogP contribution >= 0.6 is 0 Å². The molecule has 22 heavy (non-hydrogen) atoms. The summed E-state index contributed by atoms with van der Waals surface area (Å²) < 4.78 is 0. The zero-order valence-electron chi connectivity index (χ0n) is 11.9. The van der Waals surface area contributed by atoms with Crippen LogP contribution in [0.2, 0.25) is 0 Å². The van der Waals surface area contributed by atoms with E-state index in [-0.39, 0.29) is 11.1 Å². The van der Waals surface area contributed by atoms with Gasteiger partial charge in [-0.15, -0.1) is 0 Å². The molecular weight excluding hydrogens is 276 g/mol. The normalized spacial score (nSPS) is 10.2. The molecule has 1 aromatic carbocycles. The smallest absolute Gasteiger partial charge is 0.266 e. The van der Waals surface area contributed by atoms with Crippen molar-refractivity contribution in [1.29, 1.82) is 5.26 Å². The van der Waals surface area contributed by atoms with Gasteiger partial charge in [-0.3, -0.25) is 4.79 Å². The van der Waals surface area contributed by atoms with Gasteiger partial charge in [0.05, 0.1) is 5.69 Å². The molecule has 2 aromatic heterocycles. The summed E-state index contributed by atoms with van der Waals surface area (Å²) in [7, 11) is 0. The second-order valence-corrected chi connectivity index (χ2v) is 4.85. The predicted octanol–water partition coefficient (Wildman–Crippen LogP) is 2.68. The molecule has 3 rings (SSSR count). The monoisotopic (exact) mass is 288 g/mol. The Bertz CT molecular complexity index is 906. The van der Waals surface area contributed by atoms with Crippen molar-refractivity contribution in [1.82, 2.24) is 15.0 Å². The minimum Gasteiger partial charge on any atom is -0.325 e. The summed E-state index contributed by atoms with van der Waals surface area (Å²) in [6, 6.07) is 13.2. The van der Waals surface area contributed by atoms with Crippen LogP contribution in [-0.4, -0.2) is 15.0 Å². The summed E-state index contributed by atoms with van der Waals surface area (Å²) in [6.45, 7) is 1.79. The van der Waals surface area contributed by atoms with Gasteiger partial charge >= 0.3 is 0 Å². The van der Waals surface area contributed by atoms with Crippen LogP contribution in [0.5, 0.6) is 0 Å². The van der Waals surface area contributed by atoms with Gasteiger partial charge in [0.15, 0.2) is 0 Å². The highest BCUT2D eigenvalue weighted by Crippen LogP contribution is 2.25. The SMILES string of the molecule is Cc1cc(-c2ccc(-c3ccncn3)cc2)c(C#N)c(=O)[nH]1. The molecule has 0 radical (unpaired) electrons. The van der Waals surface area contributed by atoms with Crippen molar-refractivity contribution in [3.05, 3.63) is 70.5 Å². The molecule has 3 aromatic rings. The fourth-order valence-electron chi connectivity index (χ4n) is 2.31. The van der Waals surface area contributed by atoms with E-state index in [0.717, 1.165) is 22.5 Å². The van der Waals surface area contributed by atoms with Crippen LogP contribution in [0.25, 0.3) is 22.4 Å². The topological polar surface area (TPSA) is 82.4 Å². The Morgan fingerprint density at radius 3 is 2.50 bits per heavy atom. The number of hydrogen-bond donors (Lipinski definition) is 1. The molecule has 2 heterocycles. The molecule has 5 nitrogen and oxygen atoms in total. The Hall–Kier alpha value is -3.26. The van der Waals surface area contributed by atoms with Crippen LogP contribution < -0.4 is 5.56 Å². The molecule has 0 saturated carbocycles. The zero-order valence-corrected chi connectivity index (χ0v) is 11.9. The molecule has 106 valence electrons. The fraction of sp³-hybridized carbons (Fsp3) is 0.0588. The maximum atomic E-state index is 11.9. The third-order valence-corrected chi connectivity index (χ3v) is 3.35. The Kier molecular flexibility index (Phi) is 3.50. The molecule has 0 spiro atoms. The van der Waals surface area contributed by atoms with Gasteiger partial charge in [0.25, 0.3) is 5.56 Å². The van der Waals surface area contributed by atoms with E-state index in [4.69, 9.17) is 0 Å². The molecule has 1 N–H and O–H groups in total. The van der Waals surface area contributed by atoms with E-state index in [2.05, 4.69) is 15.0 Å². The summed E-state index contributed by atoms with van der Waals surface area (Å²) in [5.41, 5.74) is 3.72. The number of aromatic amines is 1. The second-order valence-electron chi connectivity index (χ2n) is 4.85. The Morgan fingerprint density at radius 2 is 1.86 bits per heavy atom. The van der Waals surface area contributed by atoms with Crippen LogP contribution in [0.3, 0.4) is 0 Å². The Morgan fingerprint density at radius 1 is 1.14 bits per heavy atom. The lowest BCUT2D eigenvalue weighted by atomic mass is 9.99. The number of nitriles is 1. The van der Waals surface area contributed by atoms with Crippen LogP contribution in [-0.2, 0) is 0 Å².